The van der Waals surface area contributed by atoms with Crippen molar-refractivity contribution < 1.29 is 13.6 Å². The van der Waals surface area contributed by atoms with Crippen molar-refractivity contribution >= 4 is 17.4 Å². The first kappa shape index (κ1) is 18.3. The number of carbonyl (C=O) groups excluding carboxylic acids is 1. The molecular weight excluding hydrogens is 364 g/mol. The predicted molar refractivity (Wildman–Crippen MR) is 101 cm³/mol. The molecule has 0 spiro atoms. The highest BCUT2D eigenvalue weighted by Gasteiger charge is 2.20. The van der Waals surface area contributed by atoms with Gasteiger partial charge in [-0.05, 0) is 25.0 Å². The maximum atomic E-state index is 13.8. The Morgan fingerprint density at radius 1 is 1.18 bits per heavy atom. The summed E-state index contributed by atoms with van der Waals surface area (Å²) in [4.78, 5) is 17.1. The third-order valence-corrected chi connectivity index (χ3v) is 5.03. The fourth-order valence-corrected chi connectivity index (χ4v) is 3.49. The number of hydrogen-bond donors (Lipinski definition) is 2. The Kier molecular flexibility index (Phi) is 5.18. The van der Waals surface area contributed by atoms with E-state index in [1.165, 1.54) is 29.3 Å². The second kappa shape index (κ2) is 7.92. The molecular formula is C20H21F2N5O. The van der Waals surface area contributed by atoms with Crippen molar-refractivity contribution in [3.63, 3.8) is 0 Å². The molecule has 0 saturated heterocycles. The van der Waals surface area contributed by atoms with E-state index in [2.05, 4.69) is 20.7 Å². The molecule has 1 aromatic carbocycles. The topological polar surface area (TPSA) is 71.3 Å². The summed E-state index contributed by atoms with van der Waals surface area (Å²) < 4.78 is 28.3. The number of aromatic nitrogens is 3. The number of anilines is 1. The molecule has 1 aliphatic carbocycles. The first-order valence-corrected chi connectivity index (χ1v) is 9.43. The van der Waals surface area contributed by atoms with Gasteiger partial charge in [-0.3, -0.25) is 4.79 Å². The van der Waals surface area contributed by atoms with Crippen molar-refractivity contribution in [2.75, 3.05) is 5.32 Å². The molecule has 2 N–H and O–H groups in total. The number of nitrogens with zero attached hydrogens (tertiary/aromatic N) is 3. The van der Waals surface area contributed by atoms with Gasteiger partial charge in [0.25, 0.3) is 5.91 Å². The highest BCUT2D eigenvalue weighted by molar-refractivity contribution is 5.99. The zero-order chi connectivity index (χ0) is 19.5. The van der Waals surface area contributed by atoms with E-state index in [-0.39, 0.29) is 18.5 Å². The molecule has 6 nitrogen and oxygen atoms in total. The minimum Gasteiger partial charge on any atom is -0.366 e. The molecule has 0 unspecified atom stereocenters. The summed E-state index contributed by atoms with van der Waals surface area (Å²) in [7, 11) is 0. The van der Waals surface area contributed by atoms with Crippen molar-refractivity contribution in [2.45, 2.75) is 44.7 Å². The summed E-state index contributed by atoms with van der Waals surface area (Å²) in [6.45, 7) is 0.146. The summed E-state index contributed by atoms with van der Waals surface area (Å²) in [6, 6.07) is 5.32. The number of benzene rings is 1. The van der Waals surface area contributed by atoms with E-state index in [4.69, 9.17) is 0 Å². The fraction of sp³-hybridized carbons (Fsp3) is 0.350. The van der Waals surface area contributed by atoms with E-state index in [0.717, 1.165) is 31.7 Å². The van der Waals surface area contributed by atoms with Crippen LogP contribution in [0.15, 0.2) is 36.7 Å². The Balaban J connectivity index is 1.49. The molecule has 3 aromatic rings. The summed E-state index contributed by atoms with van der Waals surface area (Å²) in [5.74, 6) is -0.946. The van der Waals surface area contributed by atoms with E-state index in [1.807, 2.05) is 0 Å². The van der Waals surface area contributed by atoms with Crippen LogP contribution >= 0.6 is 0 Å². The van der Waals surface area contributed by atoms with E-state index >= 15 is 0 Å². The predicted octanol–water partition coefficient (Wildman–Crippen LogP) is 3.68. The van der Waals surface area contributed by atoms with E-state index in [9.17, 15) is 13.6 Å². The minimum atomic E-state index is -0.620. The van der Waals surface area contributed by atoms with Gasteiger partial charge in [-0.2, -0.15) is 5.10 Å². The quantitative estimate of drug-likeness (QED) is 0.703. The van der Waals surface area contributed by atoms with Crippen LogP contribution in [0, 0.1) is 11.6 Å². The molecule has 0 bridgehead atoms. The maximum Gasteiger partial charge on any atom is 0.256 e. The molecule has 2 heterocycles. The van der Waals surface area contributed by atoms with Crippen molar-refractivity contribution in [1.82, 2.24) is 19.9 Å². The monoisotopic (exact) mass is 385 g/mol. The third-order valence-electron chi connectivity index (χ3n) is 5.03. The first-order chi connectivity index (χ1) is 13.6. The number of carbonyl (C=O) groups is 1. The Hall–Kier alpha value is -3.03. The lowest BCUT2D eigenvalue weighted by Gasteiger charge is -2.22. The largest absolute Gasteiger partial charge is 0.366 e. The number of fused-ring (bicyclic) bond motifs is 1. The van der Waals surface area contributed by atoms with Gasteiger partial charge in [-0.15, -0.1) is 0 Å². The molecule has 1 aliphatic rings. The summed E-state index contributed by atoms with van der Waals surface area (Å²) in [5, 5.41) is 10.2. The lowest BCUT2D eigenvalue weighted by molar-refractivity contribution is 0.0929. The standard InChI is InChI=1S/C20H21F2N5O/c21-14-7-6-13(17(22)10-14)11-23-18-8-9-27-19(26-18)16(12-24-27)20(28)25-15-4-2-1-3-5-15/h6-10,12,15H,1-5,11H2,(H,23,26)(H,25,28). The SMILES string of the molecule is O=C(NC1CCCCC1)c1cnn2ccc(NCc3ccc(F)cc3F)nc12. The van der Waals surface area contributed by atoms with Crippen LogP contribution in [0.2, 0.25) is 0 Å². The van der Waals surface area contributed by atoms with Gasteiger partial charge in [0, 0.05) is 30.4 Å². The second-order valence-corrected chi connectivity index (χ2v) is 7.04. The number of halogens is 2. The van der Waals surface area contributed by atoms with Crippen LogP contribution in [0.4, 0.5) is 14.6 Å². The average Bonchev–Trinajstić information content (AvgIpc) is 3.11. The molecule has 146 valence electrons. The van der Waals surface area contributed by atoms with Crippen LogP contribution in [0.25, 0.3) is 5.65 Å². The molecule has 0 aliphatic heterocycles. The van der Waals surface area contributed by atoms with Crippen molar-refractivity contribution in [3.05, 3.63) is 59.4 Å². The van der Waals surface area contributed by atoms with Gasteiger partial charge < -0.3 is 10.6 Å². The third kappa shape index (κ3) is 3.95. The van der Waals surface area contributed by atoms with Crippen molar-refractivity contribution in [2.24, 2.45) is 0 Å². The average molecular weight is 385 g/mol. The van der Waals surface area contributed by atoms with Gasteiger partial charge in [0.05, 0.1) is 6.20 Å². The molecule has 2 aromatic heterocycles. The Morgan fingerprint density at radius 3 is 2.79 bits per heavy atom. The maximum absolute atomic E-state index is 13.8. The summed E-state index contributed by atoms with van der Waals surface area (Å²) in [5.41, 5.74) is 1.16. The van der Waals surface area contributed by atoms with Gasteiger partial charge in [-0.1, -0.05) is 25.3 Å². The van der Waals surface area contributed by atoms with Gasteiger partial charge in [-0.25, -0.2) is 18.3 Å². The fourth-order valence-electron chi connectivity index (χ4n) is 3.49. The lowest BCUT2D eigenvalue weighted by Crippen LogP contribution is -2.36. The normalized spacial score (nSPS) is 14.9. The van der Waals surface area contributed by atoms with Crippen LogP contribution in [0.5, 0.6) is 0 Å². The van der Waals surface area contributed by atoms with Crippen LogP contribution in [0.3, 0.4) is 0 Å². The van der Waals surface area contributed by atoms with Crippen molar-refractivity contribution in [1.29, 1.82) is 0 Å². The highest BCUT2D eigenvalue weighted by Crippen LogP contribution is 2.19. The number of nitrogens with one attached hydrogen (secondary N) is 2. The number of amides is 1. The number of rotatable bonds is 5. The summed E-state index contributed by atoms with van der Waals surface area (Å²) >= 11 is 0. The molecule has 4 rings (SSSR count). The Bertz CT molecular complexity index is 997. The van der Waals surface area contributed by atoms with E-state index in [1.54, 1.807) is 12.3 Å². The molecule has 0 radical (unpaired) electrons. The molecule has 8 heteroatoms. The van der Waals surface area contributed by atoms with E-state index in [0.29, 0.717) is 22.6 Å². The van der Waals surface area contributed by atoms with Gasteiger partial charge in [0.15, 0.2) is 5.65 Å². The lowest BCUT2D eigenvalue weighted by atomic mass is 9.95. The van der Waals surface area contributed by atoms with E-state index < -0.39 is 11.6 Å². The van der Waals surface area contributed by atoms with Crippen LogP contribution < -0.4 is 10.6 Å². The molecule has 1 fully saturated rings. The zero-order valence-corrected chi connectivity index (χ0v) is 15.3. The molecule has 1 saturated carbocycles. The summed E-state index contributed by atoms with van der Waals surface area (Å²) in [6.07, 6.45) is 8.65. The van der Waals surface area contributed by atoms with Gasteiger partial charge in [0.2, 0.25) is 0 Å². The Labute approximate surface area is 161 Å². The van der Waals surface area contributed by atoms with Crippen LogP contribution in [-0.4, -0.2) is 26.5 Å². The highest BCUT2D eigenvalue weighted by atomic mass is 19.1. The second-order valence-electron chi connectivity index (χ2n) is 7.04. The first-order valence-electron chi connectivity index (χ1n) is 9.43. The Morgan fingerprint density at radius 2 is 2.00 bits per heavy atom. The minimum absolute atomic E-state index is 0.146. The van der Waals surface area contributed by atoms with Gasteiger partial charge >= 0.3 is 0 Å². The van der Waals surface area contributed by atoms with Crippen LogP contribution in [-0.2, 0) is 6.54 Å². The molecule has 1 amide bonds. The zero-order valence-electron chi connectivity index (χ0n) is 15.3. The number of hydrogen-bond acceptors (Lipinski definition) is 4. The smallest absolute Gasteiger partial charge is 0.256 e. The van der Waals surface area contributed by atoms with Crippen LogP contribution in [0.1, 0.15) is 48.0 Å². The van der Waals surface area contributed by atoms with Crippen molar-refractivity contribution in [3.8, 4) is 0 Å². The molecule has 0 atom stereocenters. The molecule has 28 heavy (non-hydrogen) atoms. The van der Waals surface area contributed by atoms with Gasteiger partial charge in [0.1, 0.15) is 23.0 Å².